The molecule has 1 unspecified atom stereocenters. The van der Waals surface area contributed by atoms with Gasteiger partial charge in [-0.1, -0.05) is 18.2 Å². The zero-order valence-electron chi connectivity index (χ0n) is 11.9. The molecule has 0 radical (unpaired) electrons. The van der Waals surface area contributed by atoms with E-state index in [-0.39, 0.29) is 5.56 Å². The minimum atomic E-state index is -5.99. The lowest BCUT2D eigenvalue weighted by molar-refractivity contribution is -0.334. The Balaban J connectivity index is 2.53. The number of rotatable bonds is 4. The zero-order valence-corrected chi connectivity index (χ0v) is 11.9. The van der Waals surface area contributed by atoms with Crippen molar-refractivity contribution in [1.82, 2.24) is 4.98 Å². The van der Waals surface area contributed by atoms with Crippen LogP contribution in [0.4, 0.5) is 26.3 Å². The monoisotopic (exact) mass is 347 g/mol. The number of hydrogen-bond donors (Lipinski definition) is 1. The van der Waals surface area contributed by atoms with Gasteiger partial charge in [0.05, 0.1) is 0 Å². The summed E-state index contributed by atoms with van der Waals surface area (Å²) in [7, 11) is 0. The molecule has 8 heteroatoms. The van der Waals surface area contributed by atoms with E-state index in [0.29, 0.717) is 6.08 Å². The lowest BCUT2D eigenvalue weighted by atomic mass is 9.86. The smallest absolute Gasteiger partial charge is 0.375 e. The van der Waals surface area contributed by atoms with E-state index in [0.717, 1.165) is 42.7 Å². The Morgan fingerprint density at radius 3 is 1.92 bits per heavy atom. The molecule has 2 rings (SSSR count). The molecule has 0 aliphatic carbocycles. The van der Waals surface area contributed by atoms with Crippen LogP contribution < -0.4 is 0 Å². The van der Waals surface area contributed by atoms with Crippen LogP contribution in [0.15, 0.2) is 54.9 Å². The Hall–Kier alpha value is -2.35. The van der Waals surface area contributed by atoms with Crippen molar-refractivity contribution in [2.24, 2.45) is 0 Å². The Morgan fingerprint density at radius 1 is 0.875 bits per heavy atom. The predicted octanol–water partition coefficient (Wildman–Crippen LogP) is 4.32. The quantitative estimate of drug-likeness (QED) is 0.836. The number of halogens is 6. The molecule has 2 nitrogen and oxygen atoms in total. The van der Waals surface area contributed by atoms with Crippen molar-refractivity contribution in [1.29, 1.82) is 0 Å². The minimum Gasteiger partial charge on any atom is -0.375 e. The maximum atomic E-state index is 13.9. The fraction of sp³-hybridized carbons (Fsp3) is 0.188. The molecule has 0 saturated heterocycles. The van der Waals surface area contributed by atoms with Gasteiger partial charge in [-0.3, -0.25) is 4.98 Å². The van der Waals surface area contributed by atoms with Gasteiger partial charge < -0.3 is 5.11 Å². The number of alkyl halides is 5. The van der Waals surface area contributed by atoms with Crippen molar-refractivity contribution < 1.29 is 31.4 Å². The Labute approximate surface area is 133 Å². The van der Waals surface area contributed by atoms with Crippen LogP contribution in [-0.4, -0.2) is 22.2 Å². The van der Waals surface area contributed by atoms with Gasteiger partial charge in [0.25, 0.3) is 0 Å². The van der Waals surface area contributed by atoms with Gasteiger partial charge >= 0.3 is 12.1 Å². The third kappa shape index (κ3) is 3.28. The summed E-state index contributed by atoms with van der Waals surface area (Å²) in [6.07, 6.45) is -2.82. The van der Waals surface area contributed by atoms with Crippen LogP contribution in [0.3, 0.4) is 0 Å². The lowest BCUT2D eigenvalue weighted by Crippen LogP contribution is -2.53. The van der Waals surface area contributed by atoms with Crippen molar-refractivity contribution in [2.45, 2.75) is 17.7 Å². The molecular formula is C16H11F6NO. The molecule has 0 spiro atoms. The Kier molecular flexibility index (Phi) is 4.70. The van der Waals surface area contributed by atoms with Gasteiger partial charge in [0.1, 0.15) is 5.82 Å². The highest BCUT2D eigenvalue weighted by Gasteiger charge is 2.69. The van der Waals surface area contributed by atoms with Crippen LogP contribution in [0, 0.1) is 5.82 Å². The number of pyridine rings is 1. The van der Waals surface area contributed by atoms with E-state index in [1.54, 1.807) is 0 Å². The summed E-state index contributed by atoms with van der Waals surface area (Å²) in [5.74, 6) is -6.06. The molecule has 0 aliphatic heterocycles. The molecule has 0 saturated carbocycles. The van der Waals surface area contributed by atoms with E-state index in [4.69, 9.17) is 0 Å². The van der Waals surface area contributed by atoms with Gasteiger partial charge in [-0.15, -0.1) is 0 Å². The largest absolute Gasteiger partial charge is 0.457 e. The van der Waals surface area contributed by atoms with Gasteiger partial charge in [-0.2, -0.15) is 22.0 Å². The van der Waals surface area contributed by atoms with Crippen molar-refractivity contribution >= 4 is 6.08 Å². The molecule has 0 fully saturated rings. The molecule has 1 aromatic carbocycles. The molecule has 0 aliphatic rings. The average molecular weight is 347 g/mol. The molecular weight excluding hydrogens is 336 g/mol. The molecule has 0 amide bonds. The van der Waals surface area contributed by atoms with Crippen molar-refractivity contribution in [2.75, 3.05) is 0 Å². The number of benzene rings is 1. The first-order chi connectivity index (χ1) is 11.1. The van der Waals surface area contributed by atoms with E-state index < -0.39 is 29.1 Å². The first-order valence-electron chi connectivity index (χ1n) is 6.60. The maximum absolute atomic E-state index is 13.9. The Bertz CT molecular complexity index is 712. The Morgan fingerprint density at radius 2 is 1.42 bits per heavy atom. The standard InChI is InChI=1S/C16H11F6NO/c17-13-3-1-11(2-4-13)5-8-14(24,12-6-9-23-10-7-12)15(18,19)16(20,21)22/h1-10,24H/b8-5+. The number of aromatic nitrogens is 1. The first-order valence-corrected chi connectivity index (χ1v) is 6.60. The third-order valence-corrected chi connectivity index (χ3v) is 3.34. The summed E-state index contributed by atoms with van der Waals surface area (Å²) in [6, 6.07) is 6.07. The van der Waals surface area contributed by atoms with Gasteiger partial charge in [0.15, 0.2) is 5.60 Å². The fourth-order valence-electron chi connectivity index (χ4n) is 1.99. The average Bonchev–Trinajstić information content (AvgIpc) is 2.53. The van der Waals surface area contributed by atoms with Crippen LogP contribution in [-0.2, 0) is 5.60 Å². The summed E-state index contributed by atoms with van der Waals surface area (Å²) in [4.78, 5) is 3.53. The van der Waals surface area contributed by atoms with Crippen LogP contribution >= 0.6 is 0 Å². The summed E-state index contributed by atoms with van der Waals surface area (Å²) >= 11 is 0. The molecule has 1 atom stereocenters. The topological polar surface area (TPSA) is 33.1 Å². The summed E-state index contributed by atoms with van der Waals surface area (Å²) in [5.41, 5.74) is -4.19. The number of aliphatic hydroxyl groups is 1. The van der Waals surface area contributed by atoms with Crippen molar-refractivity contribution in [3.8, 4) is 0 Å². The van der Waals surface area contributed by atoms with Crippen molar-refractivity contribution in [3.63, 3.8) is 0 Å². The second-order valence-electron chi connectivity index (χ2n) is 4.96. The van der Waals surface area contributed by atoms with Gasteiger partial charge in [0, 0.05) is 12.4 Å². The van der Waals surface area contributed by atoms with Gasteiger partial charge in [-0.05, 0) is 41.5 Å². The SMILES string of the molecule is OC(/C=C/c1ccc(F)cc1)(c1ccncc1)C(F)(F)C(F)(F)F. The van der Waals surface area contributed by atoms with Crippen LogP contribution in [0.5, 0.6) is 0 Å². The van der Waals surface area contributed by atoms with E-state index >= 15 is 0 Å². The molecule has 0 bridgehead atoms. The fourth-order valence-corrected chi connectivity index (χ4v) is 1.99. The molecule has 128 valence electrons. The van der Waals surface area contributed by atoms with Crippen molar-refractivity contribution in [3.05, 3.63) is 71.8 Å². The van der Waals surface area contributed by atoms with E-state index in [9.17, 15) is 31.4 Å². The minimum absolute atomic E-state index is 0.141. The van der Waals surface area contributed by atoms with Crippen LogP contribution in [0.25, 0.3) is 6.08 Å². The zero-order chi connectivity index (χ0) is 18.0. The van der Waals surface area contributed by atoms with Crippen LogP contribution in [0.1, 0.15) is 11.1 Å². The second kappa shape index (κ2) is 6.27. The second-order valence-corrected chi connectivity index (χ2v) is 4.96. The first kappa shape index (κ1) is 18.0. The highest BCUT2D eigenvalue weighted by atomic mass is 19.4. The molecule has 1 aromatic heterocycles. The van der Waals surface area contributed by atoms with E-state index in [2.05, 4.69) is 4.98 Å². The van der Waals surface area contributed by atoms with E-state index in [1.807, 2.05) is 0 Å². The molecule has 1 heterocycles. The number of hydrogen-bond acceptors (Lipinski definition) is 2. The maximum Gasteiger partial charge on any atom is 0.457 e. The summed E-state index contributed by atoms with van der Waals surface area (Å²) in [5, 5.41) is 10.2. The third-order valence-electron chi connectivity index (χ3n) is 3.34. The summed E-state index contributed by atoms with van der Waals surface area (Å²) < 4.78 is 79.0. The highest BCUT2D eigenvalue weighted by molar-refractivity contribution is 5.52. The van der Waals surface area contributed by atoms with Crippen LogP contribution in [0.2, 0.25) is 0 Å². The molecule has 24 heavy (non-hydrogen) atoms. The highest BCUT2D eigenvalue weighted by Crippen LogP contribution is 2.49. The lowest BCUT2D eigenvalue weighted by Gasteiger charge is -2.34. The van der Waals surface area contributed by atoms with Gasteiger partial charge in [0.2, 0.25) is 0 Å². The molecule has 2 aromatic rings. The van der Waals surface area contributed by atoms with E-state index in [1.165, 1.54) is 12.1 Å². The number of nitrogens with zero attached hydrogens (tertiary/aromatic N) is 1. The normalized spacial score (nSPS) is 15.5. The molecule has 1 N–H and O–H groups in total. The summed E-state index contributed by atoms with van der Waals surface area (Å²) in [6.45, 7) is 0. The predicted molar refractivity (Wildman–Crippen MR) is 74.6 cm³/mol. The van der Waals surface area contributed by atoms with Gasteiger partial charge in [-0.25, -0.2) is 4.39 Å².